The van der Waals surface area contributed by atoms with Gasteiger partial charge in [0.25, 0.3) is 0 Å². The zero-order valence-electron chi connectivity index (χ0n) is 10.5. The Morgan fingerprint density at radius 2 is 1.85 bits per heavy atom. The van der Waals surface area contributed by atoms with Crippen LogP contribution >= 0.6 is 0 Å². The fraction of sp³-hybridized carbons (Fsp3) is 0.214. The van der Waals surface area contributed by atoms with Gasteiger partial charge in [0, 0.05) is 6.54 Å². The molecule has 0 atom stereocenters. The Kier molecular flexibility index (Phi) is 3.37. The highest BCUT2D eigenvalue weighted by Gasteiger charge is 2.13. The molecule has 104 valence electrons. The van der Waals surface area contributed by atoms with E-state index in [4.69, 9.17) is 9.47 Å². The monoisotopic (exact) mass is 278 g/mol. The summed E-state index contributed by atoms with van der Waals surface area (Å²) >= 11 is 0. The van der Waals surface area contributed by atoms with Crippen LogP contribution in [0, 0.1) is 11.6 Å². The van der Waals surface area contributed by atoms with E-state index < -0.39 is 11.6 Å². The number of ether oxygens (including phenoxy) is 2. The molecule has 0 unspecified atom stereocenters. The Morgan fingerprint density at radius 1 is 1.10 bits per heavy atom. The van der Waals surface area contributed by atoms with E-state index in [1.165, 1.54) is 0 Å². The van der Waals surface area contributed by atoms with Crippen LogP contribution in [0.4, 0.5) is 14.5 Å². The number of halogens is 2. The summed E-state index contributed by atoms with van der Waals surface area (Å²) in [5, 5.41) is 2.74. The van der Waals surface area contributed by atoms with Gasteiger partial charge in [0.1, 0.15) is 5.69 Å². The lowest BCUT2D eigenvalue weighted by molar-refractivity contribution is 0.174. The maximum absolute atomic E-state index is 13.4. The Bertz CT molecular complexity index is 614. The maximum Gasteiger partial charge on any atom is 0.231 e. The lowest BCUT2D eigenvalue weighted by atomic mass is 10.1. The third-order valence-corrected chi connectivity index (χ3v) is 3.01. The van der Waals surface area contributed by atoms with Crippen LogP contribution < -0.4 is 14.8 Å². The third kappa shape index (κ3) is 2.49. The highest BCUT2D eigenvalue weighted by Crippen LogP contribution is 2.32. The van der Waals surface area contributed by atoms with E-state index in [1.807, 2.05) is 18.2 Å². The van der Waals surface area contributed by atoms with Gasteiger partial charge in [-0.25, -0.2) is 8.78 Å². The Morgan fingerprint density at radius 3 is 2.65 bits per heavy atom. The number of hydrogen-bond acceptors (Lipinski definition) is 4. The molecule has 1 aliphatic heterocycles. The van der Waals surface area contributed by atoms with E-state index in [1.54, 1.807) is 0 Å². The van der Waals surface area contributed by atoms with Gasteiger partial charge in [0.15, 0.2) is 23.1 Å². The first-order valence-electron chi connectivity index (χ1n) is 6.15. The molecule has 0 spiro atoms. The van der Waals surface area contributed by atoms with Gasteiger partial charge in [-0.05, 0) is 24.1 Å². The van der Waals surface area contributed by atoms with Crippen molar-refractivity contribution in [3.05, 3.63) is 47.8 Å². The van der Waals surface area contributed by atoms with Gasteiger partial charge in [-0.15, -0.1) is 0 Å². The summed E-state index contributed by atoms with van der Waals surface area (Å²) in [4.78, 5) is 3.43. The minimum atomic E-state index is -0.698. The highest BCUT2D eigenvalue weighted by molar-refractivity contribution is 5.46. The number of pyridine rings is 1. The third-order valence-electron chi connectivity index (χ3n) is 3.01. The first-order valence-corrected chi connectivity index (χ1v) is 6.15. The van der Waals surface area contributed by atoms with E-state index in [-0.39, 0.29) is 12.5 Å². The number of nitrogens with one attached hydrogen (secondary N) is 1. The normalized spacial score (nSPS) is 12.5. The number of rotatable bonds is 4. The molecule has 0 aliphatic carbocycles. The van der Waals surface area contributed by atoms with Gasteiger partial charge in [0.05, 0.1) is 12.4 Å². The van der Waals surface area contributed by atoms with Crippen LogP contribution in [0.15, 0.2) is 30.6 Å². The smallest absolute Gasteiger partial charge is 0.231 e. The predicted octanol–water partition coefficient (Wildman–Crippen LogP) is 2.74. The van der Waals surface area contributed by atoms with Crippen LogP contribution in [-0.2, 0) is 6.42 Å². The van der Waals surface area contributed by atoms with Gasteiger partial charge in [-0.1, -0.05) is 6.07 Å². The van der Waals surface area contributed by atoms with Gasteiger partial charge < -0.3 is 14.8 Å². The minimum Gasteiger partial charge on any atom is -0.454 e. The van der Waals surface area contributed by atoms with Gasteiger partial charge in [0.2, 0.25) is 6.79 Å². The average molecular weight is 278 g/mol. The van der Waals surface area contributed by atoms with Crippen LogP contribution in [0.2, 0.25) is 0 Å². The molecule has 1 aromatic carbocycles. The van der Waals surface area contributed by atoms with Gasteiger partial charge in [-0.3, -0.25) is 4.98 Å². The van der Waals surface area contributed by atoms with Gasteiger partial charge >= 0.3 is 0 Å². The molecule has 0 bridgehead atoms. The number of nitrogens with zero attached hydrogens (tertiary/aromatic N) is 1. The molecule has 2 heterocycles. The number of anilines is 1. The molecule has 6 heteroatoms. The molecule has 4 nitrogen and oxygen atoms in total. The Balaban J connectivity index is 1.63. The Labute approximate surface area is 114 Å². The van der Waals surface area contributed by atoms with Crippen LogP contribution in [0.25, 0.3) is 0 Å². The van der Waals surface area contributed by atoms with Crippen molar-refractivity contribution in [3.63, 3.8) is 0 Å². The van der Waals surface area contributed by atoms with Crippen molar-refractivity contribution >= 4 is 5.69 Å². The molecule has 0 saturated heterocycles. The molecule has 3 rings (SSSR count). The zero-order chi connectivity index (χ0) is 13.9. The van der Waals surface area contributed by atoms with Crippen LogP contribution in [0.3, 0.4) is 0 Å². The molecular formula is C14H12F2N2O2. The summed E-state index contributed by atoms with van der Waals surface area (Å²) < 4.78 is 37.2. The van der Waals surface area contributed by atoms with Crippen molar-refractivity contribution in [3.8, 4) is 11.5 Å². The molecule has 0 radical (unpaired) electrons. The van der Waals surface area contributed by atoms with E-state index >= 15 is 0 Å². The lowest BCUT2D eigenvalue weighted by Crippen LogP contribution is -2.08. The average Bonchev–Trinajstić information content (AvgIpc) is 2.89. The lowest BCUT2D eigenvalue weighted by Gasteiger charge is -2.08. The molecule has 0 fully saturated rings. The largest absolute Gasteiger partial charge is 0.454 e. The van der Waals surface area contributed by atoms with Crippen molar-refractivity contribution in [2.24, 2.45) is 0 Å². The summed E-state index contributed by atoms with van der Waals surface area (Å²) in [6, 6.07) is 5.59. The fourth-order valence-electron chi connectivity index (χ4n) is 2.01. The van der Waals surface area contributed by atoms with Crippen molar-refractivity contribution in [2.75, 3.05) is 18.7 Å². The molecule has 0 amide bonds. The SMILES string of the molecule is Fc1cncc(F)c1NCCc1ccc2c(c1)OCO2. The van der Waals surface area contributed by atoms with E-state index in [2.05, 4.69) is 10.3 Å². The molecule has 1 N–H and O–H groups in total. The summed E-state index contributed by atoms with van der Waals surface area (Å²) in [6.07, 6.45) is 2.57. The van der Waals surface area contributed by atoms with Crippen molar-refractivity contribution in [1.82, 2.24) is 4.98 Å². The molecule has 20 heavy (non-hydrogen) atoms. The number of aromatic nitrogens is 1. The summed E-state index contributed by atoms with van der Waals surface area (Å²) in [7, 11) is 0. The van der Waals surface area contributed by atoms with Crippen molar-refractivity contribution in [2.45, 2.75) is 6.42 Å². The summed E-state index contributed by atoms with van der Waals surface area (Å²) in [5.41, 5.74) is 0.845. The number of benzene rings is 1. The zero-order valence-corrected chi connectivity index (χ0v) is 10.5. The van der Waals surface area contributed by atoms with E-state index in [0.29, 0.717) is 24.5 Å². The van der Waals surface area contributed by atoms with Gasteiger partial charge in [-0.2, -0.15) is 0 Å². The number of fused-ring (bicyclic) bond motifs is 1. The molecule has 0 saturated carbocycles. The molecule has 2 aromatic rings. The van der Waals surface area contributed by atoms with Crippen molar-refractivity contribution in [1.29, 1.82) is 0 Å². The van der Waals surface area contributed by atoms with E-state index in [9.17, 15) is 8.78 Å². The number of hydrogen-bond donors (Lipinski definition) is 1. The second-order valence-electron chi connectivity index (χ2n) is 4.34. The minimum absolute atomic E-state index is 0.152. The predicted molar refractivity (Wildman–Crippen MR) is 68.9 cm³/mol. The molecule has 1 aliphatic rings. The second-order valence-corrected chi connectivity index (χ2v) is 4.34. The summed E-state index contributed by atoms with van der Waals surface area (Å²) in [6.45, 7) is 0.627. The van der Waals surface area contributed by atoms with Crippen molar-refractivity contribution < 1.29 is 18.3 Å². The first kappa shape index (κ1) is 12.7. The topological polar surface area (TPSA) is 43.4 Å². The second kappa shape index (κ2) is 5.32. The quantitative estimate of drug-likeness (QED) is 0.934. The molecular weight excluding hydrogens is 266 g/mol. The maximum atomic E-state index is 13.4. The first-order chi connectivity index (χ1) is 9.74. The Hall–Kier alpha value is -2.37. The van der Waals surface area contributed by atoms with Crippen LogP contribution in [0.1, 0.15) is 5.56 Å². The fourth-order valence-corrected chi connectivity index (χ4v) is 2.01. The van der Waals surface area contributed by atoms with E-state index in [0.717, 1.165) is 18.0 Å². The molecule has 1 aromatic heterocycles. The standard InChI is InChI=1S/C14H12F2N2O2/c15-10-6-17-7-11(16)14(10)18-4-3-9-1-2-12-13(5-9)20-8-19-12/h1-2,5-7H,3-4,8H2,(H,17,18). The highest BCUT2D eigenvalue weighted by atomic mass is 19.1. The van der Waals surface area contributed by atoms with Crippen LogP contribution in [-0.4, -0.2) is 18.3 Å². The summed E-state index contributed by atoms with van der Waals surface area (Å²) in [5.74, 6) is 0.0167. The van der Waals surface area contributed by atoms with Crippen LogP contribution in [0.5, 0.6) is 11.5 Å².